The van der Waals surface area contributed by atoms with Crippen LogP contribution < -0.4 is 4.90 Å². The number of hydrogen-bond donors (Lipinski definition) is 2. The second-order valence-corrected chi connectivity index (χ2v) is 5.02. The van der Waals surface area contributed by atoms with E-state index in [0.29, 0.717) is 6.54 Å². The fourth-order valence-electron chi connectivity index (χ4n) is 2.17. The maximum absolute atomic E-state index is 12.4. The quantitative estimate of drug-likeness (QED) is 0.552. The first-order valence-corrected chi connectivity index (χ1v) is 7.53. The molecule has 1 aromatic carbocycles. The van der Waals surface area contributed by atoms with Gasteiger partial charge in [0, 0.05) is 31.5 Å². The van der Waals surface area contributed by atoms with Crippen LogP contribution in [0.3, 0.4) is 0 Å². The minimum Gasteiger partial charge on any atom is -0.395 e. The smallest absolute Gasteiger partial charge is 0.266 e. The third kappa shape index (κ3) is 5.40. The van der Waals surface area contributed by atoms with E-state index >= 15 is 0 Å². The number of nitrogens with zero attached hydrogens (tertiary/aromatic N) is 3. The van der Waals surface area contributed by atoms with Crippen LogP contribution in [-0.4, -0.2) is 53.9 Å². The highest BCUT2D eigenvalue weighted by atomic mass is 16.3. The van der Waals surface area contributed by atoms with E-state index in [-0.39, 0.29) is 31.9 Å². The average molecular weight is 317 g/mol. The molecule has 0 aliphatic carbocycles. The number of aliphatic hydroxyl groups excluding tert-OH is 2. The molecule has 0 heterocycles. The topological polar surface area (TPSA) is 87.8 Å². The molecule has 0 fully saturated rings. The first-order chi connectivity index (χ1) is 11.1. The number of carbonyl (C=O) groups is 1. The lowest BCUT2D eigenvalue weighted by molar-refractivity contribution is -0.127. The summed E-state index contributed by atoms with van der Waals surface area (Å²) in [6.07, 6.45) is 1.51. The highest BCUT2D eigenvalue weighted by Gasteiger charge is 2.18. The summed E-state index contributed by atoms with van der Waals surface area (Å²) in [7, 11) is 0. The van der Waals surface area contributed by atoms with Crippen LogP contribution in [0.1, 0.15) is 12.5 Å². The molecule has 0 aromatic heterocycles. The van der Waals surface area contributed by atoms with Crippen molar-refractivity contribution in [2.24, 2.45) is 0 Å². The Kier molecular flexibility index (Phi) is 7.81. The maximum Gasteiger partial charge on any atom is 0.266 e. The van der Waals surface area contributed by atoms with Gasteiger partial charge < -0.3 is 20.0 Å². The van der Waals surface area contributed by atoms with Crippen LogP contribution in [-0.2, 0) is 4.79 Å². The Bertz CT molecular complexity index is 587. The Morgan fingerprint density at radius 2 is 1.96 bits per heavy atom. The Morgan fingerprint density at radius 3 is 2.43 bits per heavy atom. The minimum atomic E-state index is -0.498. The molecule has 0 atom stereocenters. The Labute approximate surface area is 136 Å². The zero-order chi connectivity index (χ0) is 17.2. The number of aryl methyl sites for hydroxylation is 1. The number of carbonyl (C=O) groups excluding carboxylic acids is 1. The molecule has 0 unspecified atom stereocenters. The van der Waals surface area contributed by atoms with Gasteiger partial charge in [-0.25, -0.2) is 0 Å². The summed E-state index contributed by atoms with van der Waals surface area (Å²) < 4.78 is 0. The van der Waals surface area contributed by atoms with Gasteiger partial charge in [-0.05, 0) is 31.5 Å². The largest absolute Gasteiger partial charge is 0.395 e. The van der Waals surface area contributed by atoms with Crippen molar-refractivity contribution in [2.75, 3.05) is 37.7 Å². The van der Waals surface area contributed by atoms with Crippen molar-refractivity contribution in [3.63, 3.8) is 0 Å². The van der Waals surface area contributed by atoms with Crippen molar-refractivity contribution < 1.29 is 15.0 Å². The van der Waals surface area contributed by atoms with E-state index in [1.807, 2.05) is 49.1 Å². The first kappa shape index (κ1) is 18.7. The van der Waals surface area contributed by atoms with Gasteiger partial charge in [0.05, 0.1) is 13.2 Å². The van der Waals surface area contributed by atoms with Gasteiger partial charge in [-0.1, -0.05) is 12.1 Å². The highest BCUT2D eigenvalue weighted by molar-refractivity contribution is 5.97. The van der Waals surface area contributed by atoms with Crippen molar-refractivity contribution in [3.05, 3.63) is 41.6 Å². The number of rotatable bonds is 8. The van der Waals surface area contributed by atoms with E-state index in [0.717, 1.165) is 11.3 Å². The van der Waals surface area contributed by atoms with Gasteiger partial charge >= 0.3 is 0 Å². The molecular formula is C17H23N3O3. The van der Waals surface area contributed by atoms with Gasteiger partial charge in [0.1, 0.15) is 11.6 Å². The molecule has 0 bridgehead atoms. The molecule has 0 saturated carbocycles. The van der Waals surface area contributed by atoms with Crippen LogP contribution in [0.4, 0.5) is 5.69 Å². The average Bonchev–Trinajstić information content (AvgIpc) is 2.55. The van der Waals surface area contributed by atoms with E-state index < -0.39 is 5.91 Å². The number of benzene rings is 1. The Balaban J connectivity index is 3.07. The second-order valence-electron chi connectivity index (χ2n) is 5.02. The molecule has 6 heteroatoms. The van der Waals surface area contributed by atoms with Gasteiger partial charge in [-0.2, -0.15) is 5.26 Å². The lowest BCUT2D eigenvalue weighted by Gasteiger charge is -2.23. The van der Waals surface area contributed by atoms with E-state index in [2.05, 4.69) is 0 Å². The number of nitriles is 1. The molecule has 0 aliphatic rings. The summed E-state index contributed by atoms with van der Waals surface area (Å²) >= 11 is 0. The van der Waals surface area contributed by atoms with Gasteiger partial charge in [0.25, 0.3) is 5.91 Å². The Morgan fingerprint density at radius 1 is 1.30 bits per heavy atom. The SMILES string of the molecule is CCN(/C=C(/C#N)C(=O)N(CCO)CCO)c1cccc(C)c1. The minimum absolute atomic E-state index is 0.0322. The maximum atomic E-state index is 12.4. The summed E-state index contributed by atoms with van der Waals surface area (Å²) in [5.74, 6) is -0.498. The van der Waals surface area contributed by atoms with Crippen molar-refractivity contribution in [3.8, 4) is 6.07 Å². The number of aliphatic hydroxyl groups is 2. The lowest BCUT2D eigenvalue weighted by atomic mass is 10.2. The molecule has 1 aromatic rings. The van der Waals surface area contributed by atoms with Gasteiger partial charge in [0.15, 0.2) is 0 Å². The van der Waals surface area contributed by atoms with Crippen molar-refractivity contribution >= 4 is 11.6 Å². The molecule has 2 N–H and O–H groups in total. The standard InChI is InChI=1S/C17H23N3O3/c1-3-19(16-6-4-5-14(2)11-16)13-15(12-18)17(23)20(7-9-21)8-10-22/h4-6,11,13,21-22H,3,7-10H2,1-2H3/b15-13-. The summed E-state index contributed by atoms with van der Waals surface area (Å²) in [5.41, 5.74) is 1.94. The summed E-state index contributed by atoms with van der Waals surface area (Å²) in [5, 5.41) is 27.3. The molecule has 124 valence electrons. The summed E-state index contributed by atoms with van der Waals surface area (Å²) in [6.45, 7) is 4.21. The summed E-state index contributed by atoms with van der Waals surface area (Å²) in [4.78, 5) is 15.5. The van der Waals surface area contributed by atoms with Crippen LogP contribution in [0.25, 0.3) is 0 Å². The van der Waals surface area contributed by atoms with E-state index in [9.17, 15) is 10.1 Å². The number of anilines is 1. The molecule has 0 saturated heterocycles. The normalized spacial score (nSPS) is 11.0. The molecular weight excluding hydrogens is 294 g/mol. The van der Waals surface area contributed by atoms with Crippen molar-refractivity contribution in [2.45, 2.75) is 13.8 Å². The van der Waals surface area contributed by atoms with Crippen LogP contribution in [0.2, 0.25) is 0 Å². The molecule has 1 amide bonds. The number of amides is 1. The van der Waals surface area contributed by atoms with Crippen LogP contribution in [0, 0.1) is 18.3 Å². The van der Waals surface area contributed by atoms with Gasteiger partial charge in [-0.3, -0.25) is 4.79 Å². The first-order valence-electron chi connectivity index (χ1n) is 7.53. The van der Waals surface area contributed by atoms with E-state index in [1.54, 1.807) is 0 Å². The highest BCUT2D eigenvalue weighted by Crippen LogP contribution is 2.17. The Hall–Kier alpha value is -2.36. The fraction of sp³-hybridized carbons (Fsp3) is 0.412. The predicted octanol–water partition coefficient (Wildman–Crippen LogP) is 1.04. The molecule has 0 radical (unpaired) electrons. The third-order valence-electron chi connectivity index (χ3n) is 3.34. The second kappa shape index (κ2) is 9.62. The monoisotopic (exact) mass is 317 g/mol. The predicted molar refractivity (Wildman–Crippen MR) is 88.6 cm³/mol. The van der Waals surface area contributed by atoms with Crippen molar-refractivity contribution in [1.29, 1.82) is 5.26 Å². The fourth-order valence-corrected chi connectivity index (χ4v) is 2.17. The van der Waals surface area contributed by atoms with E-state index in [4.69, 9.17) is 10.2 Å². The van der Waals surface area contributed by atoms with Gasteiger partial charge in [-0.15, -0.1) is 0 Å². The summed E-state index contributed by atoms with van der Waals surface area (Å²) in [6, 6.07) is 9.68. The molecule has 0 aliphatic heterocycles. The van der Waals surface area contributed by atoms with Crippen molar-refractivity contribution in [1.82, 2.24) is 4.90 Å². The van der Waals surface area contributed by atoms with E-state index in [1.165, 1.54) is 11.1 Å². The molecule has 23 heavy (non-hydrogen) atoms. The van der Waals surface area contributed by atoms with Gasteiger partial charge in [0.2, 0.25) is 0 Å². The lowest BCUT2D eigenvalue weighted by Crippen LogP contribution is -2.37. The third-order valence-corrected chi connectivity index (χ3v) is 3.34. The molecule has 6 nitrogen and oxygen atoms in total. The van der Waals surface area contributed by atoms with Crippen LogP contribution in [0.15, 0.2) is 36.0 Å². The molecule has 0 spiro atoms. The zero-order valence-corrected chi connectivity index (χ0v) is 13.6. The number of hydrogen-bond acceptors (Lipinski definition) is 5. The molecule has 1 rings (SSSR count). The van der Waals surface area contributed by atoms with Crippen LogP contribution in [0.5, 0.6) is 0 Å². The zero-order valence-electron chi connectivity index (χ0n) is 13.6. The van der Waals surface area contributed by atoms with Crippen LogP contribution >= 0.6 is 0 Å².